The molecule has 0 bridgehead atoms. The highest BCUT2D eigenvalue weighted by molar-refractivity contribution is 9.10. The molecule has 2 heterocycles. The summed E-state index contributed by atoms with van der Waals surface area (Å²) in [6.07, 6.45) is 1.76. The highest BCUT2D eigenvalue weighted by Crippen LogP contribution is 2.37. The standard InChI is InChI=1S/C10H6BrNO2/c11-7-1-2-12-8-4-10-9(3-6(7)8)13-5-14-10/h1-4H,5H2. The van der Waals surface area contributed by atoms with Crippen molar-refractivity contribution in [3.05, 3.63) is 28.9 Å². The summed E-state index contributed by atoms with van der Waals surface area (Å²) in [5.74, 6) is 1.55. The maximum Gasteiger partial charge on any atom is 0.231 e. The molecule has 0 saturated carbocycles. The first-order chi connectivity index (χ1) is 6.84. The molecule has 1 aromatic carbocycles. The molecule has 3 rings (SSSR count). The van der Waals surface area contributed by atoms with Gasteiger partial charge in [-0.2, -0.15) is 0 Å². The Kier molecular flexibility index (Phi) is 1.64. The van der Waals surface area contributed by atoms with E-state index in [-0.39, 0.29) is 0 Å². The van der Waals surface area contributed by atoms with Crippen molar-refractivity contribution >= 4 is 26.8 Å². The average Bonchev–Trinajstić information content (AvgIpc) is 2.62. The van der Waals surface area contributed by atoms with E-state index in [1.165, 1.54) is 0 Å². The Morgan fingerprint density at radius 1 is 1.21 bits per heavy atom. The summed E-state index contributed by atoms with van der Waals surface area (Å²) >= 11 is 3.47. The molecule has 0 fully saturated rings. The molecule has 0 amide bonds. The van der Waals surface area contributed by atoms with Crippen molar-refractivity contribution in [2.75, 3.05) is 6.79 Å². The summed E-state index contributed by atoms with van der Waals surface area (Å²) in [6.45, 7) is 0.295. The van der Waals surface area contributed by atoms with Crippen LogP contribution in [-0.2, 0) is 0 Å². The van der Waals surface area contributed by atoms with Gasteiger partial charge in [0.15, 0.2) is 11.5 Å². The fourth-order valence-electron chi connectivity index (χ4n) is 1.50. The number of aromatic nitrogens is 1. The number of benzene rings is 1. The van der Waals surface area contributed by atoms with Gasteiger partial charge < -0.3 is 9.47 Å². The van der Waals surface area contributed by atoms with E-state index < -0.39 is 0 Å². The number of nitrogens with zero attached hydrogens (tertiary/aromatic N) is 1. The van der Waals surface area contributed by atoms with Crippen LogP contribution in [0.2, 0.25) is 0 Å². The van der Waals surface area contributed by atoms with Gasteiger partial charge in [-0.1, -0.05) is 15.9 Å². The first-order valence-electron chi connectivity index (χ1n) is 4.18. The second-order valence-electron chi connectivity index (χ2n) is 3.02. The van der Waals surface area contributed by atoms with Gasteiger partial charge in [-0.05, 0) is 12.1 Å². The molecule has 1 aliphatic heterocycles. The minimum atomic E-state index is 0.295. The molecule has 70 valence electrons. The molecule has 1 aromatic heterocycles. The topological polar surface area (TPSA) is 31.4 Å². The number of halogens is 1. The number of fused-ring (bicyclic) bond motifs is 2. The predicted molar refractivity (Wildman–Crippen MR) is 55.6 cm³/mol. The predicted octanol–water partition coefficient (Wildman–Crippen LogP) is 2.73. The van der Waals surface area contributed by atoms with Crippen LogP contribution in [0.1, 0.15) is 0 Å². The van der Waals surface area contributed by atoms with Gasteiger partial charge in [-0.15, -0.1) is 0 Å². The zero-order valence-corrected chi connectivity index (χ0v) is 8.74. The molecule has 2 aromatic rings. The van der Waals surface area contributed by atoms with E-state index >= 15 is 0 Å². The van der Waals surface area contributed by atoms with E-state index in [9.17, 15) is 0 Å². The molecule has 14 heavy (non-hydrogen) atoms. The number of pyridine rings is 1. The molecule has 0 unspecified atom stereocenters. The molecule has 1 aliphatic rings. The summed E-state index contributed by atoms with van der Waals surface area (Å²) in [5, 5.41) is 1.04. The lowest BCUT2D eigenvalue weighted by molar-refractivity contribution is 0.174. The fourth-order valence-corrected chi connectivity index (χ4v) is 1.94. The maximum atomic E-state index is 5.29. The van der Waals surface area contributed by atoms with Crippen molar-refractivity contribution in [1.29, 1.82) is 0 Å². The van der Waals surface area contributed by atoms with Gasteiger partial charge in [0.1, 0.15) is 0 Å². The summed E-state index contributed by atoms with van der Waals surface area (Å²) in [6, 6.07) is 5.74. The zero-order valence-electron chi connectivity index (χ0n) is 7.16. The Balaban J connectivity index is 2.39. The highest BCUT2D eigenvalue weighted by atomic mass is 79.9. The quantitative estimate of drug-likeness (QED) is 0.722. The van der Waals surface area contributed by atoms with Crippen molar-refractivity contribution in [1.82, 2.24) is 4.98 Å². The largest absolute Gasteiger partial charge is 0.454 e. The van der Waals surface area contributed by atoms with E-state index in [4.69, 9.17) is 9.47 Å². The van der Waals surface area contributed by atoms with E-state index in [2.05, 4.69) is 20.9 Å². The first kappa shape index (κ1) is 8.05. The van der Waals surface area contributed by atoms with Gasteiger partial charge in [-0.25, -0.2) is 0 Å². The maximum absolute atomic E-state index is 5.29. The van der Waals surface area contributed by atoms with E-state index in [1.54, 1.807) is 6.20 Å². The van der Waals surface area contributed by atoms with Gasteiger partial charge in [0, 0.05) is 22.1 Å². The molecule has 0 saturated heterocycles. The van der Waals surface area contributed by atoms with Gasteiger partial charge in [0.2, 0.25) is 6.79 Å². The molecule has 0 radical (unpaired) electrons. The molecular formula is C10H6BrNO2. The van der Waals surface area contributed by atoms with Crippen LogP contribution in [0.5, 0.6) is 11.5 Å². The van der Waals surface area contributed by atoms with Crippen LogP contribution in [-0.4, -0.2) is 11.8 Å². The lowest BCUT2D eigenvalue weighted by atomic mass is 10.2. The smallest absolute Gasteiger partial charge is 0.231 e. The SMILES string of the molecule is Brc1ccnc2cc3c(cc12)OCO3. The second kappa shape index (κ2) is 2.85. The third kappa shape index (κ3) is 1.07. The number of hydrogen-bond acceptors (Lipinski definition) is 3. The lowest BCUT2D eigenvalue weighted by Gasteiger charge is -2.01. The van der Waals surface area contributed by atoms with Crippen LogP contribution >= 0.6 is 15.9 Å². The van der Waals surface area contributed by atoms with E-state index in [1.807, 2.05) is 18.2 Å². The van der Waals surface area contributed by atoms with Gasteiger partial charge >= 0.3 is 0 Å². The molecule has 0 atom stereocenters. The normalized spacial score (nSPS) is 13.5. The van der Waals surface area contributed by atoms with Crippen LogP contribution in [0.15, 0.2) is 28.9 Å². The minimum Gasteiger partial charge on any atom is -0.454 e. The van der Waals surface area contributed by atoms with Crippen LogP contribution in [0.3, 0.4) is 0 Å². The first-order valence-corrected chi connectivity index (χ1v) is 4.98. The Bertz CT molecular complexity index is 513. The van der Waals surface area contributed by atoms with E-state index in [0.29, 0.717) is 6.79 Å². The molecule has 0 spiro atoms. The molecule has 3 nitrogen and oxygen atoms in total. The van der Waals surface area contributed by atoms with Crippen molar-refractivity contribution < 1.29 is 9.47 Å². The highest BCUT2D eigenvalue weighted by Gasteiger charge is 2.15. The summed E-state index contributed by atoms with van der Waals surface area (Å²) in [5.41, 5.74) is 0.906. The second-order valence-corrected chi connectivity index (χ2v) is 3.87. The van der Waals surface area contributed by atoms with Crippen molar-refractivity contribution in [3.63, 3.8) is 0 Å². The van der Waals surface area contributed by atoms with Crippen LogP contribution < -0.4 is 9.47 Å². The zero-order chi connectivity index (χ0) is 9.54. The number of rotatable bonds is 0. The van der Waals surface area contributed by atoms with Gasteiger partial charge in [0.25, 0.3) is 0 Å². The Labute approximate surface area is 88.8 Å². The average molecular weight is 252 g/mol. The molecule has 0 aliphatic carbocycles. The third-order valence-electron chi connectivity index (χ3n) is 2.18. The minimum absolute atomic E-state index is 0.295. The number of hydrogen-bond donors (Lipinski definition) is 0. The van der Waals surface area contributed by atoms with Crippen molar-refractivity contribution in [3.8, 4) is 11.5 Å². The summed E-state index contributed by atoms with van der Waals surface area (Å²) < 4.78 is 11.6. The molecule has 0 N–H and O–H groups in total. The Morgan fingerprint density at radius 3 is 2.86 bits per heavy atom. The molecular weight excluding hydrogens is 246 g/mol. The lowest BCUT2D eigenvalue weighted by Crippen LogP contribution is -1.92. The monoisotopic (exact) mass is 251 g/mol. The van der Waals surface area contributed by atoms with Crippen molar-refractivity contribution in [2.24, 2.45) is 0 Å². The third-order valence-corrected chi connectivity index (χ3v) is 2.87. The molecule has 4 heteroatoms. The van der Waals surface area contributed by atoms with Gasteiger partial charge in [-0.3, -0.25) is 4.98 Å². The fraction of sp³-hybridized carbons (Fsp3) is 0.100. The van der Waals surface area contributed by atoms with Gasteiger partial charge in [0.05, 0.1) is 5.52 Å². The van der Waals surface area contributed by atoms with Crippen molar-refractivity contribution in [2.45, 2.75) is 0 Å². The van der Waals surface area contributed by atoms with E-state index in [0.717, 1.165) is 26.9 Å². The van der Waals surface area contributed by atoms with Crippen LogP contribution in [0, 0.1) is 0 Å². The summed E-state index contributed by atoms with van der Waals surface area (Å²) in [4.78, 5) is 4.25. The summed E-state index contributed by atoms with van der Waals surface area (Å²) in [7, 11) is 0. The van der Waals surface area contributed by atoms with Crippen LogP contribution in [0.25, 0.3) is 10.9 Å². The van der Waals surface area contributed by atoms with Crippen LogP contribution in [0.4, 0.5) is 0 Å². The number of ether oxygens (including phenoxy) is 2. The Morgan fingerprint density at radius 2 is 2.00 bits per heavy atom. The Hall–Kier alpha value is -1.29.